The number of rotatable bonds is 46. The fourth-order valence-corrected chi connectivity index (χ4v) is 7.29. The number of hydrogen-bond acceptors (Lipinski definition) is 6. The average Bonchev–Trinajstić information content (AvgIpc) is 3.23. The molecule has 0 aliphatic rings. The lowest BCUT2D eigenvalue weighted by atomic mass is 10.0. The van der Waals surface area contributed by atoms with E-state index in [1.165, 1.54) is 128 Å². The summed E-state index contributed by atoms with van der Waals surface area (Å²) in [5.74, 6) is -0.890. The second-order valence-corrected chi connectivity index (χ2v) is 17.1. The number of ether oxygens (including phenoxy) is 3. The Bertz CT molecular complexity index is 1000. The van der Waals surface area contributed by atoms with E-state index in [1.807, 2.05) is 0 Å². The topological polar surface area (TPSA) is 78.9 Å². The number of esters is 3. The van der Waals surface area contributed by atoms with Crippen LogP contribution < -0.4 is 0 Å². The summed E-state index contributed by atoms with van der Waals surface area (Å²) in [4.78, 5) is 37.9. The number of allylic oxidation sites excluding steroid dienone is 6. The van der Waals surface area contributed by atoms with Crippen molar-refractivity contribution in [3.63, 3.8) is 0 Å². The van der Waals surface area contributed by atoms with E-state index >= 15 is 0 Å². The molecule has 0 N–H and O–H groups in total. The Morgan fingerprint density at radius 1 is 0.356 bits per heavy atom. The van der Waals surface area contributed by atoms with Crippen LogP contribution in [0.4, 0.5) is 0 Å². The van der Waals surface area contributed by atoms with Gasteiger partial charge in [0, 0.05) is 19.3 Å². The van der Waals surface area contributed by atoms with Gasteiger partial charge in [0.05, 0.1) is 0 Å². The largest absolute Gasteiger partial charge is 0.462 e. The first-order chi connectivity index (χ1) is 29.0. The summed E-state index contributed by atoms with van der Waals surface area (Å²) in [5.41, 5.74) is 0. The first-order valence-corrected chi connectivity index (χ1v) is 25.5. The lowest BCUT2D eigenvalue weighted by Crippen LogP contribution is -2.30. The van der Waals surface area contributed by atoms with Gasteiger partial charge >= 0.3 is 17.9 Å². The lowest BCUT2D eigenvalue weighted by Gasteiger charge is -2.18. The molecule has 0 saturated heterocycles. The summed E-state index contributed by atoms with van der Waals surface area (Å²) in [6.07, 6.45) is 55.6. The van der Waals surface area contributed by atoms with Crippen molar-refractivity contribution in [3.05, 3.63) is 36.5 Å². The van der Waals surface area contributed by atoms with Crippen LogP contribution in [-0.4, -0.2) is 37.2 Å². The Kier molecular flexibility index (Phi) is 46.4. The zero-order valence-electron chi connectivity index (χ0n) is 39.3. The smallest absolute Gasteiger partial charge is 0.306 e. The van der Waals surface area contributed by atoms with Gasteiger partial charge in [0.25, 0.3) is 0 Å². The molecule has 0 heterocycles. The van der Waals surface area contributed by atoms with Crippen LogP contribution in [0.1, 0.15) is 265 Å². The Morgan fingerprint density at radius 2 is 0.678 bits per heavy atom. The van der Waals surface area contributed by atoms with E-state index < -0.39 is 6.10 Å². The highest BCUT2D eigenvalue weighted by Crippen LogP contribution is 2.16. The van der Waals surface area contributed by atoms with Crippen LogP contribution in [0.5, 0.6) is 0 Å². The second kappa shape index (κ2) is 48.3. The van der Waals surface area contributed by atoms with Crippen LogP contribution in [-0.2, 0) is 28.6 Å². The van der Waals surface area contributed by atoms with Crippen molar-refractivity contribution in [1.29, 1.82) is 0 Å². The van der Waals surface area contributed by atoms with Crippen LogP contribution in [0, 0.1) is 0 Å². The molecular weight excluding hydrogens is 733 g/mol. The van der Waals surface area contributed by atoms with Crippen LogP contribution in [0.3, 0.4) is 0 Å². The molecule has 0 aromatic rings. The molecule has 0 spiro atoms. The van der Waals surface area contributed by atoms with Gasteiger partial charge in [-0.2, -0.15) is 0 Å². The number of hydrogen-bond donors (Lipinski definition) is 0. The van der Waals surface area contributed by atoms with E-state index in [0.29, 0.717) is 19.3 Å². The molecule has 59 heavy (non-hydrogen) atoms. The minimum atomic E-state index is -0.776. The predicted molar refractivity (Wildman–Crippen MR) is 252 cm³/mol. The van der Waals surface area contributed by atoms with E-state index in [4.69, 9.17) is 14.2 Å². The van der Waals surface area contributed by atoms with Crippen molar-refractivity contribution >= 4 is 17.9 Å². The SMILES string of the molecule is CC/C=C\C/C=C\CCCCCCCCCC(=O)OC(COC(=O)CCCCCC/C=C\CCCC)COC(=O)CCCCCCCCCCCCCCCCCCC. The normalized spacial score (nSPS) is 12.3. The monoisotopic (exact) mass is 829 g/mol. The molecule has 1 unspecified atom stereocenters. The molecule has 6 nitrogen and oxygen atoms in total. The number of carbonyl (C=O) groups excluding carboxylic acids is 3. The second-order valence-electron chi connectivity index (χ2n) is 17.1. The third kappa shape index (κ3) is 46.5. The minimum Gasteiger partial charge on any atom is -0.462 e. The van der Waals surface area contributed by atoms with Gasteiger partial charge in [0.15, 0.2) is 6.10 Å². The van der Waals surface area contributed by atoms with Crippen molar-refractivity contribution in [2.45, 2.75) is 271 Å². The van der Waals surface area contributed by atoms with Gasteiger partial charge in [-0.1, -0.05) is 218 Å². The van der Waals surface area contributed by atoms with Crippen molar-refractivity contribution in [3.8, 4) is 0 Å². The maximum atomic E-state index is 12.8. The molecule has 0 fully saturated rings. The lowest BCUT2D eigenvalue weighted by molar-refractivity contribution is -0.167. The fraction of sp³-hybridized carbons (Fsp3) is 0.830. The molecular formula is C53H96O6. The molecule has 0 aromatic heterocycles. The Morgan fingerprint density at radius 3 is 1.08 bits per heavy atom. The average molecular weight is 829 g/mol. The molecule has 0 rings (SSSR count). The summed E-state index contributed by atoms with van der Waals surface area (Å²) in [7, 11) is 0. The van der Waals surface area contributed by atoms with E-state index in [9.17, 15) is 14.4 Å². The Balaban J connectivity index is 4.31. The molecule has 344 valence electrons. The molecule has 0 radical (unpaired) electrons. The maximum absolute atomic E-state index is 12.8. The molecule has 0 saturated carbocycles. The molecule has 0 bridgehead atoms. The molecule has 0 aliphatic heterocycles. The van der Waals surface area contributed by atoms with Gasteiger partial charge in [-0.3, -0.25) is 14.4 Å². The molecule has 0 aliphatic carbocycles. The predicted octanol–water partition coefficient (Wildman–Crippen LogP) is 16.5. The first kappa shape index (κ1) is 56.6. The van der Waals surface area contributed by atoms with E-state index in [2.05, 4.69) is 57.2 Å². The highest BCUT2D eigenvalue weighted by molar-refractivity contribution is 5.71. The van der Waals surface area contributed by atoms with E-state index in [0.717, 1.165) is 96.3 Å². The van der Waals surface area contributed by atoms with Gasteiger partial charge < -0.3 is 14.2 Å². The highest BCUT2D eigenvalue weighted by Gasteiger charge is 2.19. The third-order valence-electron chi connectivity index (χ3n) is 11.1. The van der Waals surface area contributed by atoms with Crippen LogP contribution in [0.15, 0.2) is 36.5 Å². The van der Waals surface area contributed by atoms with Gasteiger partial charge in [-0.15, -0.1) is 0 Å². The van der Waals surface area contributed by atoms with Gasteiger partial charge in [0.2, 0.25) is 0 Å². The highest BCUT2D eigenvalue weighted by atomic mass is 16.6. The maximum Gasteiger partial charge on any atom is 0.306 e. The van der Waals surface area contributed by atoms with Gasteiger partial charge in [-0.05, 0) is 64.2 Å². The van der Waals surface area contributed by atoms with Crippen LogP contribution in [0.2, 0.25) is 0 Å². The Hall–Kier alpha value is -2.37. The number of unbranched alkanes of at least 4 members (excludes halogenated alkanes) is 29. The summed E-state index contributed by atoms with van der Waals surface area (Å²) >= 11 is 0. The first-order valence-electron chi connectivity index (χ1n) is 25.5. The molecule has 0 aromatic carbocycles. The van der Waals surface area contributed by atoms with Crippen molar-refractivity contribution in [2.75, 3.05) is 13.2 Å². The van der Waals surface area contributed by atoms with Gasteiger partial charge in [-0.25, -0.2) is 0 Å². The summed E-state index contributed by atoms with van der Waals surface area (Å²) in [6.45, 7) is 6.49. The minimum absolute atomic E-state index is 0.0762. The van der Waals surface area contributed by atoms with Crippen molar-refractivity contribution in [2.24, 2.45) is 0 Å². The number of carbonyl (C=O) groups is 3. The molecule has 6 heteroatoms. The standard InChI is InChI=1S/C53H96O6/c1-4-7-10-13-16-19-22-24-26-27-28-30-31-34-37-40-43-46-52(55)58-49-50(48-57-51(54)45-42-39-36-33-21-18-15-12-9-6-3)59-53(56)47-44-41-38-35-32-29-25-23-20-17-14-11-8-5-2/h8,11,15,17-18,20,50H,4-7,9-10,12-14,16,19,21-49H2,1-3H3/b11-8-,18-15-,20-17-. The zero-order valence-corrected chi connectivity index (χ0v) is 39.3. The molecule has 0 amide bonds. The van der Waals surface area contributed by atoms with Crippen LogP contribution >= 0.6 is 0 Å². The summed E-state index contributed by atoms with van der Waals surface area (Å²) in [5, 5.41) is 0. The Labute approximate surface area is 365 Å². The summed E-state index contributed by atoms with van der Waals surface area (Å²) < 4.78 is 16.8. The summed E-state index contributed by atoms with van der Waals surface area (Å²) in [6, 6.07) is 0. The van der Waals surface area contributed by atoms with Crippen molar-refractivity contribution < 1.29 is 28.6 Å². The zero-order chi connectivity index (χ0) is 43.0. The molecule has 1 atom stereocenters. The van der Waals surface area contributed by atoms with E-state index in [-0.39, 0.29) is 31.1 Å². The van der Waals surface area contributed by atoms with Crippen LogP contribution in [0.25, 0.3) is 0 Å². The quantitative estimate of drug-likeness (QED) is 0.0263. The van der Waals surface area contributed by atoms with E-state index in [1.54, 1.807) is 0 Å². The van der Waals surface area contributed by atoms with Gasteiger partial charge in [0.1, 0.15) is 13.2 Å². The van der Waals surface area contributed by atoms with Crippen molar-refractivity contribution in [1.82, 2.24) is 0 Å². The third-order valence-corrected chi connectivity index (χ3v) is 11.1. The fourth-order valence-electron chi connectivity index (χ4n) is 7.29.